The first-order chi connectivity index (χ1) is 17.1. The third-order valence-electron chi connectivity index (χ3n) is 6.43. The third-order valence-corrected chi connectivity index (χ3v) is 6.43. The number of anilines is 1. The van der Waals surface area contributed by atoms with Crippen molar-refractivity contribution in [3.63, 3.8) is 0 Å². The van der Waals surface area contributed by atoms with Crippen molar-refractivity contribution in [2.24, 2.45) is 5.92 Å². The van der Waals surface area contributed by atoms with Crippen molar-refractivity contribution in [2.75, 3.05) is 26.4 Å². The number of fused-ring (bicyclic) bond motifs is 1. The van der Waals surface area contributed by atoms with Crippen LogP contribution in [0, 0.1) is 5.92 Å². The zero-order valence-corrected chi connectivity index (χ0v) is 19.7. The molecule has 0 aliphatic carbocycles. The Hall–Kier alpha value is -4.04. The molecule has 3 aromatic rings. The average Bonchev–Trinajstić information content (AvgIpc) is 3.41. The molecule has 0 unspecified atom stereocenters. The minimum Gasteiger partial charge on any atom is -0.493 e. The summed E-state index contributed by atoms with van der Waals surface area (Å²) in [5.41, 5.74) is 2.31. The summed E-state index contributed by atoms with van der Waals surface area (Å²) >= 11 is 0. The van der Waals surface area contributed by atoms with Crippen LogP contribution in [-0.2, 0) is 21.0 Å². The van der Waals surface area contributed by atoms with Crippen LogP contribution in [0.4, 0.5) is 5.69 Å². The topological polar surface area (TPSA) is 77.5 Å². The molecule has 3 atom stereocenters. The highest BCUT2D eigenvalue weighted by Crippen LogP contribution is 2.50. The van der Waals surface area contributed by atoms with Gasteiger partial charge in [-0.3, -0.25) is 19.3 Å². The number of ether oxygens (including phenoxy) is 3. The number of likely N-dealkylation sites (tertiary alicyclic amines) is 1. The number of methoxy groups -OCH3 is 3. The van der Waals surface area contributed by atoms with Crippen molar-refractivity contribution in [3.05, 3.63) is 83.9 Å². The summed E-state index contributed by atoms with van der Waals surface area (Å²) in [4.78, 5) is 34.6. The van der Waals surface area contributed by atoms with Crippen LogP contribution in [-0.4, -0.2) is 44.1 Å². The molecule has 0 saturated carbocycles. The predicted octanol–water partition coefficient (Wildman–Crippen LogP) is 3.76. The summed E-state index contributed by atoms with van der Waals surface area (Å²) in [5, 5.41) is 1.64. The summed E-state index contributed by atoms with van der Waals surface area (Å²) in [6.45, 7) is 0.197. The Morgan fingerprint density at radius 2 is 1.40 bits per heavy atom. The zero-order chi connectivity index (χ0) is 24.5. The molecule has 0 bridgehead atoms. The number of hydrogen-bond acceptors (Lipinski definition) is 7. The molecule has 2 fully saturated rings. The highest BCUT2D eigenvalue weighted by Gasteiger charge is 2.60. The maximum Gasteiger partial charge on any atom is 0.262 e. The standard InChI is InChI=1S/C27H26N2O6/c1-32-20-14-18(15-21(33-2)24(20)34-3)23-22-25(35-29(23)19-12-8-5-9-13-19)27(31)28(26(22)30)16-17-10-6-4-7-11-17/h4-15,22-23,25H,16H2,1-3H3/t22-,23+,25-/m1/s1. The molecule has 0 aromatic heterocycles. The van der Waals surface area contributed by atoms with Crippen LogP contribution in [0.1, 0.15) is 17.2 Å². The molecule has 0 N–H and O–H groups in total. The van der Waals surface area contributed by atoms with E-state index in [2.05, 4.69) is 0 Å². The lowest BCUT2D eigenvalue weighted by Crippen LogP contribution is -2.37. The SMILES string of the molecule is COc1cc([C@H]2[C@H]3C(=O)N(Cc4ccccc4)C(=O)[C@@H]3ON2c2ccccc2)cc(OC)c1OC. The van der Waals surface area contributed by atoms with E-state index in [1.165, 1.54) is 26.2 Å². The second-order valence-corrected chi connectivity index (χ2v) is 8.36. The molecule has 2 aliphatic rings. The Morgan fingerprint density at radius 3 is 1.97 bits per heavy atom. The number of benzene rings is 3. The molecule has 5 rings (SSSR count). The van der Waals surface area contributed by atoms with Crippen molar-refractivity contribution in [1.29, 1.82) is 0 Å². The van der Waals surface area contributed by atoms with Gasteiger partial charge in [0.1, 0.15) is 5.92 Å². The molecule has 3 aromatic carbocycles. The van der Waals surface area contributed by atoms with Crippen molar-refractivity contribution in [2.45, 2.75) is 18.7 Å². The number of rotatable bonds is 7. The van der Waals surface area contributed by atoms with Crippen LogP contribution in [0.3, 0.4) is 0 Å². The molecule has 8 nitrogen and oxygen atoms in total. The Balaban J connectivity index is 1.59. The van der Waals surface area contributed by atoms with E-state index in [4.69, 9.17) is 19.0 Å². The first-order valence-electron chi connectivity index (χ1n) is 11.3. The zero-order valence-electron chi connectivity index (χ0n) is 19.7. The van der Waals surface area contributed by atoms with Gasteiger partial charge in [-0.25, -0.2) is 5.06 Å². The van der Waals surface area contributed by atoms with E-state index in [1.807, 2.05) is 60.7 Å². The fraction of sp³-hybridized carbons (Fsp3) is 0.259. The fourth-order valence-electron chi connectivity index (χ4n) is 4.80. The summed E-state index contributed by atoms with van der Waals surface area (Å²) in [6, 6.07) is 21.9. The third kappa shape index (κ3) is 3.85. The monoisotopic (exact) mass is 474 g/mol. The number of imide groups is 1. The molecule has 0 radical (unpaired) electrons. The highest BCUT2D eigenvalue weighted by atomic mass is 16.7. The van der Waals surface area contributed by atoms with Gasteiger partial charge in [-0.05, 0) is 35.4 Å². The van der Waals surface area contributed by atoms with E-state index in [0.29, 0.717) is 22.8 Å². The van der Waals surface area contributed by atoms with Crippen molar-refractivity contribution in [3.8, 4) is 17.2 Å². The predicted molar refractivity (Wildman–Crippen MR) is 128 cm³/mol. The quantitative estimate of drug-likeness (QED) is 0.483. The number of nitrogens with zero attached hydrogens (tertiary/aromatic N) is 2. The molecule has 8 heteroatoms. The molecule has 0 spiro atoms. The summed E-state index contributed by atoms with van der Waals surface area (Å²) in [7, 11) is 4.61. The Labute approximate surface area is 203 Å². The number of carbonyl (C=O) groups is 2. The van der Waals surface area contributed by atoms with Crippen LogP contribution in [0.2, 0.25) is 0 Å². The second kappa shape index (κ2) is 9.31. The lowest BCUT2D eigenvalue weighted by atomic mass is 9.90. The molecular weight excluding hydrogens is 448 g/mol. The largest absolute Gasteiger partial charge is 0.493 e. The van der Waals surface area contributed by atoms with Gasteiger partial charge in [0.05, 0.1) is 39.6 Å². The van der Waals surface area contributed by atoms with Crippen molar-refractivity contribution in [1.82, 2.24) is 4.90 Å². The van der Waals surface area contributed by atoms with E-state index in [0.717, 1.165) is 11.3 Å². The molecule has 2 amide bonds. The number of carbonyl (C=O) groups excluding carboxylic acids is 2. The lowest BCUT2D eigenvalue weighted by molar-refractivity contribution is -0.143. The number of hydroxylamine groups is 1. The molecule has 2 heterocycles. The number of para-hydroxylation sites is 1. The molecule has 35 heavy (non-hydrogen) atoms. The van der Waals surface area contributed by atoms with Gasteiger partial charge in [0, 0.05) is 0 Å². The van der Waals surface area contributed by atoms with E-state index in [1.54, 1.807) is 17.2 Å². The Morgan fingerprint density at radius 1 is 0.800 bits per heavy atom. The maximum absolute atomic E-state index is 13.7. The molecule has 2 saturated heterocycles. The Kier molecular flexibility index (Phi) is 6.05. The van der Waals surface area contributed by atoms with Crippen LogP contribution in [0.5, 0.6) is 17.2 Å². The van der Waals surface area contributed by atoms with Gasteiger partial charge in [-0.1, -0.05) is 48.5 Å². The lowest BCUT2D eigenvalue weighted by Gasteiger charge is -2.29. The summed E-state index contributed by atoms with van der Waals surface area (Å²) in [6.07, 6.45) is -0.935. The molecule has 180 valence electrons. The Bertz CT molecular complexity index is 1210. The van der Waals surface area contributed by atoms with E-state index in [9.17, 15) is 9.59 Å². The van der Waals surface area contributed by atoms with Crippen LogP contribution in [0.15, 0.2) is 72.8 Å². The van der Waals surface area contributed by atoms with Gasteiger partial charge in [-0.15, -0.1) is 0 Å². The van der Waals surface area contributed by atoms with E-state index >= 15 is 0 Å². The van der Waals surface area contributed by atoms with Crippen molar-refractivity contribution < 1.29 is 28.6 Å². The minimum atomic E-state index is -0.935. The maximum atomic E-state index is 13.7. The van der Waals surface area contributed by atoms with Gasteiger partial charge < -0.3 is 14.2 Å². The minimum absolute atomic E-state index is 0.197. The molecule has 2 aliphatic heterocycles. The first-order valence-corrected chi connectivity index (χ1v) is 11.3. The van der Waals surface area contributed by atoms with Gasteiger partial charge in [0.2, 0.25) is 11.7 Å². The molecular formula is C27H26N2O6. The highest BCUT2D eigenvalue weighted by molar-refractivity contribution is 6.07. The number of amides is 2. The van der Waals surface area contributed by atoms with Crippen LogP contribution >= 0.6 is 0 Å². The second-order valence-electron chi connectivity index (χ2n) is 8.36. The van der Waals surface area contributed by atoms with E-state index < -0.39 is 18.1 Å². The fourth-order valence-corrected chi connectivity index (χ4v) is 4.80. The van der Waals surface area contributed by atoms with Gasteiger partial charge in [0.25, 0.3) is 5.91 Å². The van der Waals surface area contributed by atoms with Crippen LogP contribution in [0.25, 0.3) is 0 Å². The van der Waals surface area contributed by atoms with E-state index in [-0.39, 0.29) is 18.4 Å². The van der Waals surface area contributed by atoms with Gasteiger partial charge in [0.15, 0.2) is 17.6 Å². The van der Waals surface area contributed by atoms with Gasteiger partial charge in [-0.2, -0.15) is 0 Å². The smallest absolute Gasteiger partial charge is 0.262 e. The summed E-state index contributed by atoms with van der Waals surface area (Å²) < 4.78 is 16.6. The van der Waals surface area contributed by atoms with Crippen molar-refractivity contribution >= 4 is 17.5 Å². The first kappa shape index (κ1) is 22.7. The normalized spacial score (nSPS) is 21.3. The van der Waals surface area contributed by atoms with Crippen LogP contribution < -0.4 is 19.3 Å². The average molecular weight is 475 g/mol. The summed E-state index contributed by atoms with van der Waals surface area (Å²) in [5.74, 6) is -0.0116. The van der Waals surface area contributed by atoms with Gasteiger partial charge >= 0.3 is 0 Å². The number of hydrogen-bond donors (Lipinski definition) is 0.